The van der Waals surface area contributed by atoms with E-state index in [1.165, 1.54) is 10.9 Å². The topological polar surface area (TPSA) is 12.9 Å². The number of aromatic nitrogens is 1. The van der Waals surface area contributed by atoms with Gasteiger partial charge in [-0.3, -0.25) is 4.98 Å². The lowest BCUT2D eigenvalue weighted by Gasteiger charge is -2.08. The van der Waals surface area contributed by atoms with Crippen LogP contribution in [0.5, 0.6) is 0 Å². The van der Waals surface area contributed by atoms with Crippen LogP contribution in [-0.2, 0) is 0 Å². The van der Waals surface area contributed by atoms with Gasteiger partial charge in [0.1, 0.15) is 0 Å². The Morgan fingerprint density at radius 1 is 1.29 bits per heavy atom. The number of hydrogen-bond acceptors (Lipinski definition) is 1. The van der Waals surface area contributed by atoms with Crippen LogP contribution < -0.4 is 0 Å². The van der Waals surface area contributed by atoms with Gasteiger partial charge in [0.2, 0.25) is 0 Å². The van der Waals surface area contributed by atoms with Crippen molar-refractivity contribution in [2.45, 2.75) is 19.8 Å². The minimum atomic E-state index is 0.521. The summed E-state index contributed by atoms with van der Waals surface area (Å²) < 4.78 is 1.03. The molecule has 2 heteroatoms. The molecule has 0 saturated carbocycles. The molecule has 0 spiro atoms. The highest BCUT2D eigenvalue weighted by Gasteiger charge is 2.05. The summed E-state index contributed by atoms with van der Waals surface area (Å²) in [5.74, 6) is 0.521. The number of rotatable bonds is 1. The van der Waals surface area contributed by atoms with Crippen molar-refractivity contribution < 1.29 is 0 Å². The van der Waals surface area contributed by atoms with E-state index in [1.807, 2.05) is 6.20 Å². The fourth-order valence-corrected chi connectivity index (χ4v) is 1.97. The zero-order valence-corrected chi connectivity index (χ0v) is 9.88. The van der Waals surface area contributed by atoms with Crippen LogP contribution in [0, 0.1) is 0 Å². The minimum absolute atomic E-state index is 0.521. The summed E-state index contributed by atoms with van der Waals surface area (Å²) in [6, 6.07) is 8.44. The van der Waals surface area contributed by atoms with Gasteiger partial charge in [0.05, 0.1) is 5.52 Å². The number of hydrogen-bond donors (Lipinski definition) is 0. The van der Waals surface area contributed by atoms with Crippen molar-refractivity contribution in [3.63, 3.8) is 0 Å². The van der Waals surface area contributed by atoms with Gasteiger partial charge >= 0.3 is 0 Å². The second-order valence-electron chi connectivity index (χ2n) is 3.73. The number of fused-ring (bicyclic) bond motifs is 1. The second kappa shape index (κ2) is 3.70. The maximum absolute atomic E-state index is 4.46. The Kier molecular flexibility index (Phi) is 2.55. The molecule has 0 aliphatic carbocycles. The Hall–Kier alpha value is -0.890. The van der Waals surface area contributed by atoms with E-state index in [0.717, 1.165) is 9.99 Å². The van der Waals surface area contributed by atoms with Crippen LogP contribution in [0.4, 0.5) is 0 Å². The first-order chi connectivity index (χ1) is 6.68. The van der Waals surface area contributed by atoms with Gasteiger partial charge in [-0.05, 0) is 33.5 Å². The maximum atomic E-state index is 4.46. The highest BCUT2D eigenvalue weighted by atomic mass is 79.9. The molecule has 0 radical (unpaired) electrons. The molecule has 0 aliphatic rings. The summed E-state index contributed by atoms with van der Waals surface area (Å²) in [6.45, 7) is 4.39. The number of para-hydroxylation sites is 1. The number of nitrogens with zero attached hydrogens (tertiary/aromatic N) is 1. The van der Waals surface area contributed by atoms with Crippen LogP contribution in [-0.4, -0.2) is 4.98 Å². The molecular weight excluding hydrogens is 238 g/mol. The van der Waals surface area contributed by atoms with Crippen molar-refractivity contribution in [2.24, 2.45) is 0 Å². The summed E-state index contributed by atoms with van der Waals surface area (Å²) in [5, 5.41) is 1.20. The molecule has 0 bridgehead atoms. The van der Waals surface area contributed by atoms with Crippen LogP contribution in [0.15, 0.2) is 34.9 Å². The average Bonchev–Trinajstić information content (AvgIpc) is 2.16. The number of halogens is 1. The van der Waals surface area contributed by atoms with E-state index in [9.17, 15) is 0 Å². The molecule has 2 rings (SSSR count). The zero-order valence-electron chi connectivity index (χ0n) is 8.29. The standard InChI is InChI=1S/C12H12BrN/c1-8(2)11-5-3-4-9-6-10(13)7-14-12(9)11/h3-8H,1-2H3. The lowest BCUT2D eigenvalue weighted by Crippen LogP contribution is -1.91. The van der Waals surface area contributed by atoms with Crippen molar-refractivity contribution in [3.8, 4) is 0 Å². The number of benzene rings is 1. The fourth-order valence-electron chi connectivity index (χ4n) is 1.62. The third-order valence-electron chi connectivity index (χ3n) is 2.33. The van der Waals surface area contributed by atoms with Crippen molar-refractivity contribution in [1.29, 1.82) is 0 Å². The molecule has 0 unspecified atom stereocenters. The van der Waals surface area contributed by atoms with Gasteiger partial charge in [0.25, 0.3) is 0 Å². The highest BCUT2D eigenvalue weighted by Crippen LogP contribution is 2.25. The minimum Gasteiger partial charge on any atom is -0.255 e. The van der Waals surface area contributed by atoms with E-state index >= 15 is 0 Å². The first kappa shape index (κ1) is 9.66. The van der Waals surface area contributed by atoms with Crippen molar-refractivity contribution in [1.82, 2.24) is 4.98 Å². The van der Waals surface area contributed by atoms with E-state index in [1.54, 1.807) is 0 Å². The van der Waals surface area contributed by atoms with Gasteiger partial charge in [0, 0.05) is 16.1 Å². The van der Waals surface area contributed by atoms with Gasteiger partial charge in [-0.1, -0.05) is 32.0 Å². The van der Waals surface area contributed by atoms with Crippen LogP contribution in [0.1, 0.15) is 25.3 Å². The molecule has 0 fully saturated rings. The summed E-state index contributed by atoms with van der Waals surface area (Å²) >= 11 is 3.43. The Labute approximate surface area is 92.3 Å². The lowest BCUT2D eigenvalue weighted by molar-refractivity contribution is 0.873. The summed E-state index contributed by atoms with van der Waals surface area (Å²) in [7, 11) is 0. The summed E-state index contributed by atoms with van der Waals surface area (Å²) in [6.07, 6.45) is 1.86. The Bertz CT molecular complexity index is 463. The SMILES string of the molecule is CC(C)c1cccc2cc(Br)cnc12. The molecule has 0 amide bonds. The fraction of sp³-hybridized carbons (Fsp3) is 0.250. The van der Waals surface area contributed by atoms with E-state index in [4.69, 9.17) is 0 Å². The molecule has 14 heavy (non-hydrogen) atoms. The molecule has 0 saturated heterocycles. The van der Waals surface area contributed by atoms with Crippen LogP contribution in [0.2, 0.25) is 0 Å². The number of pyridine rings is 1. The predicted octanol–water partition coefficient (Wildman–Crippen LogP) is 4.12. The Morgan fingerprint density at radius 3 is 2.79 bits per heavy atom. The zero-order chi connectivity index (χ0) is 10.1. The van der Waals surface area contributed by atoms with Gasteiger partial charge in [-0.25, -0.2) is 0 Å². The first-order valence-corrected chi connectivity index (χ1v) is 5.52. The smallest absolute Gasteiger partial charge is 0.0737 e. The average molecular weight is 250 g/mol. The third kappa shape index (κ3) is 1.67. The Morgan fingerprint density at radius 2 is 2.07 bits per heavy atom. The van der Waals surface area contributed by atoms with Crippen molar-refractivity contribution >= 4 is 26.8 Å². The molecule has 0 aliphatic heterocycles. The molecule has 0 atom stereocenters. The second-order valence-corrected chi connectivity index (χ2v) is 4.64. The van der Waals surface area contributed by atoms with Gasteiger partial charge in [-0.15, -0.1) is 0 Å². The molecule has 1 nitrogen and oxygen atoms in total. The van der Waals surface area contributed by atoms with Crippen LogP contribution in [0.25, 0.3) is 10.9 Å². The molecule has 0 N–H and O–H groups in total. The summed E-state index contributed by atoms with van der Waals surface area (Å²) in [4.78, 5) is 4.46. The van der Waals surface area contributed by atoms with Gasteiger partial charge in [0.15, 0.2) is 0 Å². The third-order valence-corrected chi connectivity index (χ3v) is 2.76. The van der Waals surface area contributed by atoms with Gasteiger partial charge < -0.3 is 0 Å². The summed E-state index contributed by atoms with van der Waals surface area (Å²) in [5.41, 5.74) is 2.43. The molecule has 2 aromatic rings. The van der Waals surface area contributed by atoms with Crippen molar-refractivity contribution in [2.75, 3.05) is 0 Å². The van der Waals surface area contributed by atoms with E-state index in [-0.39, 0.29) is 0 Å². The normalized spacial score (nSPS) is 11.1. The largest absolute Gasteiger partial charge is 0.255 e. The molecule has 1 aromatic heterocycles. The first-order valence-electron chi connectivity index (χ1n) is 4.72. The Balaban J connectivity index is 2.75. The molecule has 72 valence electrons. The van der Waals surface area contributed by atoms with Gasteiger partial charge in [-0.2, -0.15) is 0 Å². The van der Waals surface area contributed by atoms with Crippen molar-refractivity contribution in [3.05, 3.63) is 40.5 Å². The molecule has 1 heterocycles. The van der Waals surface area contributed by atoms with E-state index in [2.05, 4.69) is 59.0 Å². The monoisotopic (exact) mass is 249 g/mol. The van der Waals surface area contributed by atoms with Crippen LogP contribution >= 0.6 is 15.9 Å². The quantitative estimate of drug-likeness (QED) is 0.741. The predicted molar refractivity (Wildman–Crippen MR) is 63.5 cm³/mol. The van der Waals surface area contributed by atoms with E-state index < -0.39 is 0 Å². The van der Waals surface area contributed by atoms with Crippen LogP contribution in [0.3, 0.4) is 0 Å². The van der Waals surface area contributed by atoms with E-state index in [0.29, 0.717) is 5.92 Å². The highest BCUT2D eigenvalue weighted by molar-refractivity contribution is 9.10. The molecular formula is C12H12BrN. The maximum Gasteiger partial charge on any atom is 0.0737 e. The lowest BCUT2D eigenvalue weighted by atomic mass is 10.00. The molecule has 1 aromatic carbocycles.